The van der Waals surface area contributed by atoms with Crippen LogP contribution in [0.2, 0.25) is 0 Å². The maximum Gasteiger partial charge on any atom is 0.251 e. The standard InChI is InChI=1S/C15H19N3O2S/c1-15(20,12-8-17-18(2)9-12)10-16-14(19)11-4-6-13(21-3)7-5-11/h4-9,20H,10H2,1-3H3,(H,16,19). The highest BCUT2D eigenvalue weighted by atomic mass is 32.2. The molecule has 0 saturated heterocycles. The Balaban J connectivity index is 1.99. The van der Waals surface area contributed by atoms with Gasteiger partial charge in [0.2, 0.25) is 0 Å². The number of thioether (sulfide) groups is 1. The maximum absolute atomic E-state index is 12.1. The zero-order valence-corrected chi connectivity index (χ0v) is 13.1. The van der Waals surface area contributed by atoms with Crippen molar-refractivity contribution in [1.82, 2.24) is 15.1 Å². The molecular weight excluding hydrogens is 286 g/mol. The summed E-state index contributed by atoms with van der Waals surface area (Å²) in [6.07, 6.45) is 5.32. The molecule has 2 aromatic rings. The topological polar surface area (TPSA) is 67.2 Å². The Morgan fingerprint density at radius 1 is 1.43 bits per heavy atom. The third kappa shape index (κ3) is 3.86. The van der Waals surface area contributed by atoms with Crippen molar-refractivity contribution in [3.8, 4) is 0 Å². The summed E-state index contributed by atoms with van der Waals surface area (Å²) in [4.78, 5) is 13.2. The minimum absolute atomic E-state index is 0.127. The summed E-state index contributed by atoms with van der Waals surface area (Å²) in [5, 5.41) is 17.2. The molecule has 112 valence electrons. The molecule has 5 nitrogen and oxygen atoms in total. The highest BCUT2D eigenvalue weighted by Gasteiger charge is 2.25. The molecule has 1 aromatic carbocycles. The first kappa shape index (κ1) is 15.6. The molecule has 2 rings (SSSR count). The number of benzene rings is 1. The molecule has 1 atom stereocenters. The van der Waals surface area contributed by atoms with Gasteiger partial charge in [-0.15, -0.1) is 11.8 Å². The van der Waals surface area contributed by atoms with Gasteiger partial charge in [-0.2, -0.15) is 5.10 Å². The van der Waals surface area contributed by atoms with Gasteiger partial charge in [-0.05, 0) is 37.4 Å². The maximum atomic E-state index is 12.1. The summed E-state index contributed by atoms with van der Waals surface area (Å²) in [5.74, 6) is -0.202. The Morgan fingerprint density at radius 2 is 2.10 bits per heavy atom. The second-order valence-electron chi connectivity index (χ2n) is 5.09. The molecule has 6 heteroatoms. The molecule has 0 aliphatic heterocycles. The van der Waals surface area contributed by atoms with Crippen LogP contribution in [0, 0.1) is 0 Å². The van der Waals surface area contributed by atoms with E-state index in [4.69, 9.17) is 0 Å². The van der Waals surface area contributed by atoms with Crippen LogP contribution in [-0.2, 0) is 12.6 Å². The van der Waals surface area contributed by atoms with Crippen molar-refractivity contribution in [2.75, 3.05) is 12.8 Å². The Bertz CT molecular complexity index is 620. The van der Waals surface area contributed by atoms with Gasteiger partial charge in [-0.25, -0.2) is 0 Å². The molecule has 0 spiro atoms. The highest BCUT2D eigenvalue weighted by molar-refractivity contribution is 7.98. The lowest BCUT2D eigenvalue weighted by atomic mass is 9.99. The molecule has 1 heterocycles. The predicted molar refractivity (Wildman–Crippen MR) is 83.3 cm³/mol. The normalized spacial score (nSPS) is 13.7. The van der Waals surface area contributed by atoms with E-state index in [9.17, 15) is 9.90 Å². The average molecular weight is 305 g/mol. The first-order chi connectivity index (χ1) is 9.92. The fourth-order valence-corrected chi connectivity index (χ4v) is 2.31. The summed E-state index contributed by atoms with van der Waals surface area (Å²) < 4.78 is 1.62. The molecule has 0 bridgehead atoms. The largest absolute Gasteiger partial charge is 0.383 e. The molecule has 2 N–H and O–H groups in total. The lowest BCUT2D eigenvalue weighted by molar-refractivity contribution is 0.0526. The summed E-state index contributed by atoms with van der Waals surface area (Å²) >= 11 is 1.63. The number of hydrogen-bond donors (Lipinski definition) is 2. The Labute approximate surface area is 128 Å². The quantitative estimate of drug-likeness (QED) is 0.826. The molecule has 0 radical (unpaired) electrons. The molecule has 21 heavy (non-hydrogen) atoms. The van der Waals surface area contributed by atoms with Gasteiger partial charge < -0.3 is 10.4 Å². The van der Waals surface area contributed by atoms with Crippen LogP contribution in [-0.4, -0.2) is 33.6 Å². The van der Waals surface area contributed by atoms with Gasteiger partial charge in [0.15, 0.2) is 0 Å². The number of nitrogens with one attached hydrogen (secondary N) is 1. The number of rotatable bonds is 5. The third-order valence-electron chi connectivity index (χ3n) is 3.27. The molecule has 0 aliphatic carbocycles. The molecule has 1 unspecified atom stereocenters. The van der Waals surface area contributed by atoms with E-state index in [-0.39, 0.29) is 12.5 Å². The summed E-state index contributed by atoms with van der Waals surface area (Å²) in [6.45, 7) is 1.78. The van der Waals surface area contributed by atoms with Crippen LogP contribution in [0.15, 0.2) is 41.6 Å². The Kier molecular flexibility index (Phi) is 4.69. The Hall–Kier alpha value is -1.79. The van der Waals surface area contributed by atoms with Gasteiger partial charge in [0.25, 0.3) is 5.91 Å². The minimum atomic E-state index is -1.15. The smallest absolute Gasteiger partial charge is 0.251 e. The number of nitrogens with zero attached hydrogens (tertiary/aromatic N) is 2. The van der Waals surface area contributed by atoms with Gasteiger partial charge in [0.1, 0.15) is 5.60 Å². The SMILES string of the molecule is CSc1ccc(C(=O)NCC(C)(O)c2cnn(C)c2)cc1. The first-order valence-electron chi connectivity index (χ1n) is 6.56. The lowest BCUT2D eigenvalue weighted by Gasteiger charge is -2.22. The lowest BCUT2D eigenvalue weighted by Crippen LogP contribution is -2.38. The number of carbonyl (C=O) groups is 1. The van der Waals surface area contributed by atoms with Gasteiger partial charge in [-0.1, -0.05) is 0 Å². The monoisotopic (exact) mass is 305 g/mol. The number of aryl methyl sites for hydroxylation is 1. The zero-order chi connectivity index (χ0) is 15.5. The zero-order valence-electron chi connectivity index (χ0n) is 12.3. The number of hydrogen-bond acceptors (Lipinski definition) is 4. The van der Waals surface area contributed by atoms with E-state index in [1.807, 2.05) is 18.4 Å². The number of aromatic nitrogens is 2. The second kappa shape index (κ2) is 6.32. The van der Waals surface area contributed by atoms with E-state index in [1.165, 1.54) is 0 Å². The van der Waals surface area contributed by atoms with Crippen molar-refractivity contribution in [1.29, 1.82) is 0 Å². The fraction of sp³-hybridized carbons (Fsp3) is 0.333. The van der Waals surface area contributed by atoms with Crippen LogP contribution in [0.1, 0.15) is 22.8 Å². The van der Waals surface area contributed by atoms with Gasteiger partial charge in [0, 0.05) is 29.3 Å². The van der Waals surface area contributed by atoms with Gasteiger partial charge in [-0.3, -0.25) is 9.48 Å². The van der Waals surface area contributed by atoms with Crippen molar-refractivity contribution < 1.29 is 9.90 Å². The van der Waals surface area contributed by atoms with Crippen LogP contribution < -0.4 is 5.32 Å². The minimum Gasteiger partial charge on any atom is -0.383 e. The fourth-order valence-electron chi connectivity index (χ4n) is 1.90. The summed E-state index contributed by atoms with van der Waals surface area (Å²) in [5.41, 5.74) is 0.0983. The van der Waals surface area contributed by atoms with E-state index in [0.717, 1.165) is 4.90 Å². The Morgan fingerprint density at radius 3 is 2.62 bits per heavy atom. The van der Waals surface area contributed by atoms with Crippen LogP contribution in [0.25, 0.3) is 0 Å². The molecule has 0 fully saturated rings. The molecule has 1 aromatic heterocycles. The highest BCUT2D eigenvalue weighted by Crippen LogP contribution is 2.19. The van der Waals surface area contributed by atoms with Crippen molar-refractivity contribution in [2.45, 2.75) is 17.4 Å². The van der Waals surface area contributed by atoms with E-state index >= 15 is 0 Å². The summed E-state index contributed by atoms with van der Waals surface area (Å²) in [7, 11) is 1.78. The van der Waals surface area contributed by atoms with Crippen molar-refractivity contribution in [3.63, 3.8) is 0 Å². The van der Waals surface area contributed by atoms with E-state index < -0.39 is 5.60 Å². The van der Waals surface area contributed by atoms with Crippen LogP contribution >= 0.6 is 11.8 Å². The summed E-state index contributed by atoms with van der Waals surface area (Å²) in [6, 6.07) is 7.36. The van der Waals surface area contributed by atoms with Crippen LogP contribution in [0.5, 0.6) is 0 Å². The first-order valence-corrected chi connectivity index (χ1v) is 7.78. The van der Waals surface area contributed by atoms with E-state index in [1.54, 1.807) is 54.9 Å². The number of aliphatic hydroxyl groups is 1. The van der Waals surface area contributed by atoms with Gasteiger partial charge >= 0.3 is 0 Å². The van der Waals surface area contributed by atoms with Crippen molar-refractivity contribution >= 4 is 17.7 Å². The molecule has 1 amide bonds. The molecule has 0 aliphatic rings. The van der Waals surface area contributed by atoms with Crippen molar-refractivity contribution in [3.05, 3.63) is 47.8 Å². The molecular formula is C15H19N3O2S. The van der Waals surface area contributed by atoms with Crippen LogP contribution in [0.4, 0.5) is 0 Å². The van der Waals surface area contributed by atoms with Crippen molar-refractivity contribution in [2.24, 2.45) is 7.05 Å². The second-order valence-corrected chi connectivity index (χ2v) is 5.97. The van der Waals surface area contributed by atoms with E-state index in [0.29, 0.717) is 11.1 Å². The third-order valence-corrected chi connectivity index (χ3v) is 4.02. The van der Waals surface area contributed by atoms with Crippen LogP contribution in [0.3, 0.4) is 0 Å². The molecule has 0 saturated carbocycles. The number of amides is 1. The number of carbonyl (C=O) groups excluding carboxylic acids is 1. The van der Waals surface area contributed by atoms with Gasteiger partial charge in [0.05, 0.1) is 12.7 Å². The predicted octanol–water partition coefficient (Wildman–Crippen LogP) is 1.78. The van der Waals surface area contributed by atoms with E-state index in [2.05, 4.69) is 10.4 Å². The average Bonchev–Trinajstić information content (AvgIpc) is 2.92.